The van der Waals surface area contributed by atoms with Gasteiger partial charge >= 0.3 is 0 Å². The molecule has 2 heterocycles. The van der Waals surface area contributed by atoms with Crippen molar-refractivity contribution >= 4 is 0 Å². The van der Waals surface area contributed by atoms with E-state index in [0.29, 0.717) is 30.7 Å². The molecule has 0 aliphatic rings. The number of rotatable bonds is 6. The predicted octanol–water partition coefficient (Wildman–Crippen LogP) is 1.94. The molecule has 96 valence electrons. The lowest BCUT2D eigenvalue weighted by atomic mass is 10.2. The lowest BCUT2D eigenvalue weighted by Gasteiger charge is -2.07. The van der Waals surface area contributed by atoms with E-state index in [1.54, 1.807) is 6.20 Å². The molecule has 0 saturated carbocycles. The summed E-state index contributed by atoms with van der Waals surface area (Å²) in [5.74, 6) is 1.30. The maximum Gasteiger partial charge on any atom is 0.240 e. The van der Waals surface area contributed by atoms with Crippen LogP contribution in [0.3, 0.4) is 0 Å². The van der Waals surface area contributed by atoms with Crippen molar-refractivity contribution in [1.29, 1.82) is 0 Å². The predicted molar refractivity (Wildman–Crippen MR) is 67.9 cm³/mol. The number of nitrogens with zero attached hydrogens (tertiary/aromatic N) is 3. The molecule has 5 nitrogen and oxygen atoms in total. The Labute approximate surface area is 107 Å². The molecule has 5 heteroatoms. The molecular weight excluding hydrogens is 228 g/mol. The highest BCUT2D eigenvalue weighted by Gasteiger charge is 2.08. The lowest BCUT2D eigenvalue weighted by Crippen LogP contribution is -2.24. The summed E-state index contributed by atoms with van der Waals surface area (Å²) in [5, 5.41) is 7.26. The minimum Gasteiger partial charge on any atom is -0.338 e. The van der Waals surface area contributed by atoms with E-state index in [0.717, 1.165) is 12.1 Å². The van der Waals surface area contributed by atoms with Gasteiger partial charge in [-0.1, -0.05) is 18.1 Å². The average molecular weight is 246 g/mol. The Morgan fingerprint density at radius 1 is 1.39 bits per heavy atom. The van der Waals surface area contributed by atoms with Gasteiger partial charge < -0.3 is 9.84 Å². The Kier molecular flexibility index (Phi) is 4.41. The summed E-state index contributed by atoms with van der Waals surface area (Å²) in [6.07, 6.45) is 3.45. The Bertz CT molecular complexity index is 469. The van der Waals surface area contributed by atoms with Crippen molar-refractivity contribution < 1.29 is 4.52 Å². The van der Waals surface area contributed by atoms with Crippen molar-refractivity contribution in [2.75, 3.05) is 0 Å². The number of hydrogen-bond acceptors (Lipinski definition) is 5. The molecule has 2 aromatic heterocycles. The van der Waals surface area contributed by atoms with Crippen molar-refractivity contribution in [3.05, 3.63) is 41.8 Å². The van der Waals surface area contributed by atoms with Gasteiger partial charge in [0.1, 0.15) is 0 Å². The smallest absolute Gasteiger partial charge is 0.240 e. The zero-order valence-corrected chi connectivity index (χ0v) is 10.8. The van der Waals surface area contributed by atoms with Gasteiger partial charge in [0.25, 0.3) is 0 Å². The number of aromatic nitrogens is 3. The summed E-state index contributed by atoms with van der Waals surface area (Å²) in [5.41, 5.74) is 0.944. The Hall–Kier alpha value is -1.75. The van der Waals surface area contributed by atoms with E-state index in [1.807, 2.05) is 18.2 Å². The third-order valence-electron chi connectivity index (χ3n) is 2.79. The third-order valence-corrected chi connectivity index (χ3v) is 2.79. The number of pyridine rings is 1. The number of nitrogens with one attached hydrogen (secondary N) is 1. The molecule has 2 aromatic rings. The SMILES string of the molecule is CCC(C)NCc1nc(Cc2ccccn2)no1. The Balaban J connectivity index is 1.90. The van der Waals surface area contributed by atoms with Gasteiger partial charge in [0, 0.05) is 17.9 Å². The molecule has 2 rings (SSSR count). The standard InChI is InChI=1S/C13H18N4O/c1-3-10(2)15-9-13-16-12(17-18-13)8-11-6-4-5-7-14-11/h4-7,10,15H,3,8-9H2,1-2H3. The first-order valence-corrected chi connectivity index (χ1v) is 6.22. The quantitative estimate of drug-likeness (QED) is 0.844. The zero-order chi connectivity index (χ0) is 12.8. The van der Waals surface area contributed by atoms with Gasteiger partial charge in [-0.05, 0) is 25.5 Å². The minimum atomic E-state index is 0.455. The van der Waals surface area contributed by atoms with Gasteiger partial charge in [-0.25, -0.2) is 0 Å². The van der Waals surface area contributed by atoms with Gasteiger partial charge in [0.05, 0.1) is 13.0 Å². The van der Waals surface area contributed by atoms with E-state index >= 15 is 0 Å². The third kappa shape index (κ3) is 3.63. The monoisotopic (exact) mass is 246 g/mol. The highest BCUT2D eigenvalue weighted by atomic mass is 16.5. The van der Waals surface area contributed by atoms with Crippen molar-refractivity contribution in [3.63, 3.8) is 0 Å². The normalized spacial score (nSPS) is 12.6. The van der Waals surface area contributed by atoms with Gasteiger partial charge in [0.2, 0.25) is 5.89 Å². The molecule has 0 bridgehead atoms. The van der Waals surface area contributed by atoms with Crippen LogP contribution >= 0.6 is 0 Å². The molecule has 1 N–H and O–H groups in total. The van der Waals surface area contributed by atoms with Crippen LogP contribution in [-0.2, 0) is 13.0 Å². The second-order valence-electron chi connectivity index (χ2n) is 4.29. The molecule has 1 atom stereocenters. The van der Waals surface area contributed by atoms with E-state index in [9.17, 15) is 0 Å². The minimum absolute atomic E-state index is 0.455. The van der Waals surface area contributed by atoms with E-state index in [-0.39, 0.29) is 0 Å². The molecule has 0 radical (unpaired) electrons. The summed E-state index contributed by atoms with van der Waals surface area (Å²) in [7, 11) is 0. The van der Waals surface area contributed by atoms with E-state index < -0.39 is 0 Å². The fourth-order valence-electron chi connectivity index (χ4n) is 1.50. The second kappa shape index (κ2) is 6.26. The van der Waals surface area contributed by atoms with Gasteiger partial charge in [-0.2, -0.15) is 4.98 Å². The van der Waals surface area contributed by atoms with Gasteiger partial charge in [0.15, 0.2) is 5.82 Å². The van der Waals surface area contributed by atoms with Crippen molar-refractivity contribution in [2.45, 2.75) is 39.3 Å². The summed E-state index contributed by atoms with van der Waals surface area (Å²) in [6, 6.07) is 6.25. The molecular formula is C13H18N4O. The van der Waals surface area contributed by atoms with Crippen molar-refractivity contribution in [3.8, 4) is 0 Å². The molecule has 0 aliphatic carbocycles. The van der Waals surface area contributed by atoms with Crippen molar-refractivity contribution in [1.82, 2.24) is 20.4 Å². The van der Waals surface area contributed by atoms with Gasteiger partial charge in [-0.3, -0.25) is 4.98 Å². The van der Waals surface area contributed by atoms with Crippen LogP contribution in [0.5, 0.6) is 0 Å². The van der Waals surface area contributed by atoms with Crippen LogP contribution < -0.4 is 5.32 Å². The first-order chi connectivity index (χ1) is 8.78. The maximum atomic E-state index is 5.18. The van der Waals surface area contributed by atoms with Crippen LogP contribution in [0.15, 0.2) is 28.9 Å². The van der Waals surface area contributed by atoms with Crippen LogP contribution in [-0.4, -0.2) is 21.2 Å². The van der Waals surface area contributed by atoms with Crippen LogP contribution in [0.25, 0.3) is 0 Å². The Morgan fingerprint density at radius 3 is 3.00 bits per heavy atom. The molecule has 0 aliphatic heterocycles. The first kappa shape index (κ1) is 12.7. The summed E-state index contributed by atoms with van der Waals surface area (Å²) in [4.78, 5) is 8.56. The van der Waals surface area contributed by atoms with Crippen LogP contribution in [0.2, 0.25) is 0 Å². The topological polar surface area (TPSA) is 63.8 Å². The van der Waals surface area contributed by atoms with Gasteiger partial charge in [-0.15, -0.1) is 0 Å². The molecule has 1 unspecified atom stereocenters. The van der Waals surface area contributed by atoms with Crippen LogP contribution in [0, 0.1) is 0 Å². The number of hydrogen-bond donors (Lipinski definition) is 1. The fourth-order valence-corrected chi connectivity index (χ4v) is 1.50. The fraction of sp³-hybridized carbons (Fsp3) is 0.462. The summed E-state index contributed by atoms with van der Waals surface area (Å²) >= 11 is 0. The Morgan fingerprint density at radius 2 is 2.28 bits per heavy atom. The average Bonchev–Trinajstić information content (AvgIpc) is 2.85. The molecule has 0 saturated heterocycles. The molecule has 0 aromatic carbocycles. The largest absolute Gasteiger partial charge is 0.338 e. The van der Waals surface area contributed by atoms with Crippen LogP contribution in [0.4, 0.5) is 0 Å². The van der Waals surface area contributed by atoms with E-state index in [1.165, 1.54) is 0 Å². The van der Waals surface area contributed by atoms with Crippen molar-refractivity contribution in [2.24, 2.45) is 0 Å². The molecule has 0 spiro atoms. The first-order valence-electron chi connectivity index (χ1n) is 6.22. The lowest BCUT2D eigenvalue weighted by molar-refractivity contribution is 0.354. The zero-order valence-electron chi connectivity index (χ0n) is 10.8. The molecule has 0 fully saturated rings. The molecule has 18 heavy (non-hydrogen) atoms. The highest BCUT2D eigenvalue weighted by Crippen LogP contribution is 2.04. The summed E-state index contributed by atoms with van der Waals surface area (Å²) in [6.45, 7) is 4.88. The van der Waals surface area contributed by atoms with E-state index in [4.69, 9.17) is 4.52 Å². The summed E-state index contributed by atoms with van der Waals surface area (Å²) < 4.78 is 5.18. The highest BCUT2D eigenvalue weighted by molar-refractivity contribution is 5.09. The molecule has 0 amide bonds. The van der Waals surface area contributed by atoms with E-state index in [2.05, 4.69) is 34.3 Å². The second-order valence-corrected chi connectivity index (χ2v) is 4.29. The van der Waals surface area contributed by atoms with Crippen LogP contribution in [0.1, 0.15) is 37.7 Å². The maximum absolute atomic E-state index is 5.18.